The molecule has 1 aliphatic heterocycles. The second kappa shape index (κ2) is 13.7. The first-order valence-corrected chi connectivity index (χ1v) is 16.0. The van der Waals surface area contributed by atoms with E-state index in [4.69, 9.17) is 23.9 Å². The number of pyridine rings is 1. The number of imidazole rings is 1. The standard InChI is InChI=1S/C34H48BrN3O5/c1-22(2)21-41-17-18-42-34(8)13-15-37(16-14-34)31-28(29(32(39)40-9)43-33(5,6)7)23(3)24(4)30-36-27(20-38(30)31)25-11-10-12-26(35)19-25/h10-12,19-20,22,29H,13-18,21H2,1-9H3/t29-/m0/s1. The van der Waals surface area contributed by atoms with Gasteiger partial charge in [0.2, 0.25) is 0 Å². The summed E-state index contributed by atoms with van der Waals surface area (Å²) < 4.78 is 27.0. The van der Waals surface area contributed by atoms with Crippen LogP contribution in [0.1, 0.15) is 77.2 Å². The van der Waals surface area contributed by atoms with E-state index in [0.717, 1.165) is 76.4 Å². The van der Waals surface area contributed by atoms with Gasteiger partial charge in [-0.3, -0.25) is 4.40 Å². The summed E-state index contributed by atoms with van der Waals surface area (Å²) in [6.45, 7) is 19.9. The lowest BCUT2D eigenvalue weighted by atomic mass is 9.92. The van der Waals surface area contributed by atoms with Gasteiger partial charge in [-0.25, -0.2) is 9.78 Å². The van der Waals surface area contributed by atoms with Crippen LogP contribution in [0.25, 0.3) is 16.9 Å². The fourth-order valence-corrected chi connectivity index (χ4v) is 5.98. The van der Waals surface area contributed by atoms with Gasteiger partial charge >= 0.3 is 5.97 Å². The monoisotopic (exact) mass is 657 g/mol. The number of carbonyl (C=O) groups is 1. The number of aromatic nitrogens is 2. The Balaban J connectivity index is 1.78. The fraction of sp³-hybridized carbons (Fsp3) is 0.588. The van der Waals surface area contributed by atoms with Crippen molar-refractivity contribution in [2.45, 2.75) is 85.5 Å². The Bertz CT molecular complexity index is 1420. The van der Waals surface area contributed by atoms with Crippen LogP contribution >= 0.6 is 15.9 Å². The molecule has 2 aromatic heterocycles. The number of piperidine rings is 1. The van der Waals surface area contributed by atoms with Crippen LogP contribution in [0, 0.1) is 19.8 Å². The van der Waals surface area contributed by atoms with E-state index >= 15 is 0 Å². The normalized spacial score (nSPS) is 16.2. The number of anilines is 1. The van der Waals surface area contributed by atoms with Crippen LogP contribution in [0.2, 0.25) is 0 Å². The summed E-state index contributed by atoms with van der Waals surface area (Å²) in [6.07, 6.45) is 2.84. The van der Waals surface area contributed by atoms with Gasteiger partial charge in [-0.05, 0) is 83.6 Å². The molecule has 0 unspecified atom stereocenters. The number of carbonyl (C=O) groups excluding carboxylic acids is 1. The van der Waals surface area contributed by atoms with E-state index in [9.17, 15) is 4.79 Å². The van der Waals surface area contributed by atoms with Gasteiger partial charge in [-0.15, -0.1) is 0 Å². The molecule has 0 saturated carbocycles. The lowest BCUT2D eigenvalue weighted by Crippen LogP contribution is -2.46. The van der Waals surface area contributed by atoms with Crippen molar-refractivity contribution in [1.82, 2.24) is 9.38 Å². The summed E-state index contributed by atoms with van der Waals surface area (Å²) >= 11 is 3.60. The summed E-state index contributed by atoms with van der Waals surface area (Å²) in [5.41, 5.74) is 4.69. The Kier molecular flexibility index (Phi) is 10.6. The predicted molar refractivity (Wildman–Crippen MR) is 175 cm³/mol. The first-order valence-electron chi connectivity index (χ1n) is 15.2. The highest BCUT2D eigenvalue weighted by Gasteiger charge is 2.38. The van der Waals surface area contributed by atoms with Gasteiger partial charge < -0.3 is 23.8 Å². The third kappa shape index (κ3) is 7.98. The van der Waals surface area contributed by atoms with Crippen molar-refractivity contribution >= 4 is 33.4 Å². The summed E-state index contributed by atoms with van der Waals surface area (Å²) in [5.74, 6) is 0.997. The first kappa shape index (κ1) is 33.4. The molecular weight excluding hydrogens is 610 g/mol. The molecule has 43 heavy (non-hydrogen) atoms. The van der Waals surface area contributed by atoms with Crippen LogP contribution in [0.15, 0.2) is 34.9 Å². The Morgan fingerprint density at radius 2 is 1.81 bits per heavy atom. The molecular formula is C34H48BrN3O5. The molecule has 0 bridgehead atoms. The maximum Gasteiger partial charge on any atom is 0.339 e. The van der Waals surface area contributed by atoms with Crippen LogP contribution in [0.4, 0.5) is 5.82 Å². The van der Waals surface area contributed by atoms with E-state index in [1.807, 2.05) is 32.9 Å². The van der Waals surface area contributed by atoms with Crippen molar-refractivity contribution in [2.75, 3.05) is 44.9 Å². The van der Waals surface area contributed by atoms with Gasteiger partial charge in [0, 0.05) is 41.5 Å². The number of aryl methyl sites for hydroxylation is 1. The molecule has 8 nitrogen and oxygen atoms in total. The molecule has 1 fully saturated rings. The maximum absolute atomic E-state index is 13.4. The molecule has 3 heterocycles. The molecule has 9 heteroatoms. The summed E-state index contributed by atoms with van der Waals surface area (Å²) in [4.78, 5) is 20.8. The zero-order valence-corrected chi connectivity index (χ0v) is 28.8. The second-order valence-electron chi connectivity index (χ2n) is 13.2. The molecule has 1 aliphatic rings. The molecule has 0 aliphatic carbocycles. The number of methoxy groups -OCH3 is 1. The Labute approximate surface area is 265 Å². The van der Waals surface area contributed by atoms with E-state index in [1.54, 1.807) is 0 Å². The van der Waals surface area contributed by atoms with Crippen molar-refractivity contribution in [3.63, 3.8) is 0 Å². The lowest BCUT2D eigenvalue weighted by molar-refractivity contribution is -0.164. The number of benzene rings is 1. The van der Waals surface area contributed by atoms with E-state index in [-0.39, 0.29) is 5.60 Å². The Hall–Kier alpha value is -2.46. The van der Waals surface area contributed by atoms with Crippen molar-refractivity contribution in [1.29, 1.82) is 0 Å². The lowest BCUT2D eigenvalue weighted by Gasteiger charge is -2.42. The zero-order chi connectivity index (χ0) is 31.5. The summed E-state index contributed by atoms with van der Waals surface area (Å²) in [7, 11) is 1.42. The molecule has 0 amide bonds. The van der Waals surface area contributed by atoms with Crippen molar-refractivity contribution in [3.8, 4) is 11.3 Å². The number of rotatable bonds is 11. The third-order valence-electron chi connectivity index (χ3n) is 8.00. The SMILES string of the molecule is COC(=O)[C@@H](OC(C)(C)C)c1c(C)c(C)c2nc(-c3cccc(Br)c3)cn2c1N1CCC(C)(OCCOCC(C)C)CC1. The van der Waals surface area contributed by atoms with E-state index < -0.39 is 17.7 Å². The number of ether oxygens (including phenoxy) is 4. The maximum atomic E-state index is 13.4. The van der Waals surface area contributed by atoms with Crippen LogP contribution in [0.5, 0.6) is 0 Å². The average Bonchev–Trinajstić information content (AvgIpc) is 3.39. The second-order valence-corrected chi connectivity index (χ2v) is 14.1. The Morgan fingerprint density at radius 1 is 1.12 bits per heavy atom. The van der Waals surface area contributed by atoms with E-state index in [1.165, 1.54) is 7.11 Å². The number of hydrogen-bond acceptors (Lipinski definition) is 7. The van der Waals surface area contributed by atoms with Crippen molar-refractivity contribution in [2.24, 2.45) is 5.92 Å². The van der Waals surface area contributed by atoms with E-state index in [2.05, 4.69) is 78.2 Å². The van der Waals surface area contributed by atoms with Crippen LogP contribution in [-0.4, -0.2) is 66.6 Å². The van der Waals surface area contributed by atoms with Gasteiger partial charge in [0.1, 0.15) is 11.5 Å². The quantitative estimate of drug-likeness (QED) is 0.157. The molecule has 3 aromatic rings. The molecule has 0 spiro atoms. The molecule has 236 valence electrons. The van der Waals surface area contributed by atoms with Gasteiger partial charge in [0.05, 0.1) is 37.2 Å². The van der Waals surface area contributed by atoms with Gasteiger partial charge in [0.25, 0.3) is 0 Å². The number of esters is 1. The summed E-state index contributed by atoms with van der Waals surface area (Å²) in [5, 5.41) is 0. The highest BCUT2D eigenvalue weighted by Crippen LogP contribution is 2.41. The largest absolute Gasteiger partial charge is 0.467 e. The average molecular weight is 659 g/mol. The minimum atomic E-state index is -0.900. The van der Waals surface area contributed by atoms with Gasteiger partial charge in [-0.2, -0.15) is 0 Å². The number of halogens is 1. The highest BCUT2D eigenvalue weighted by atomic mass is 79.9. The molecule has 1 atom stereocenters. The molecule has 0 radical (unpaired) electrons. The Morgan fingerprint density at radius 3 is 2.42 bits per heavy atom. The van der Waals surface area contributed by atoms with Crippen LogP contribution < -0.4 is 4.90 Å². The molecule has 4 rings (SSSR count). The highest BCUT2D eigenvalue weighted by molar-refractivity contribution is 9.10. The van der Waals surface area contributed by atoms with Gasteiger partial charge in [-0.1, -0.05) is 41.9 Å². The zero-order valence-electron chi connectivity index (χ0n) is 27.3. The smallest absolute Gasteiger partial charge is 0.339 e. The van der Waals surface area contributed by atoms with Crippen LogP contribution in [-0.2, 0) is 23.7 Å². The topological polar surface area (TPSA) is 74.5 Å². The predicted octanol–water partition coefficient (Wildman–Crippen LogP) is 7.46. The summed E-state index contributed by atoms with van der Waals surface area (Å²) in [6, 6.07) is 8.15. The van der Waals surface area contributed by atoms with Crippen LogP contribution in [0.3, 0.4) is 0 Å². The van der Waals surface area contributed by atoms with E-state index in [0.29, 0.717) is 19.1 Å². The molecule has 1 aromatic carbocycles. The third-order valence-corrected chi connectivity index (χ3v) is 8.49. The minimum absolute atomic E-state index is 0.253. The molecule has 1 saturated heterocycles. The van der Waals surface area contributed by atoms with Crippen molar-refractivity contribution in [3.05, 3.63) is 51.6 Å². The fourth-order valence-electron chi connectivity index (χ4n) is 5.58. The van der Waals surface area contributed by atoms with Gasteiger partial charge in [0.15, 0.2) is 6.10 Å². The van der Waals surface area contributed by atoms with Crippen molar-refractivity contribution < 1.29 is 23.7 Å². The number of fused-ring (bicyclic) bond motifs is 1. The minimum Gasteiger partial charge on any atom is -0.467 e. The number of nitrogens with zero attached hydrogens (tertiary/aromatic N) is 3. The molecule has 0 N–H and O–H groups in total. The number of hydrogen-bond donors (Lipinski definition) is 0. The first-order chi connectivity index (χ1) is 20.2.